The lowest BCUT2D eigenvalue weighted by Gasteiger charge is -2.35. The van der Waals surface area contributed by atoms with Crippen LogP contribution in [0.5, 0.6) is 0 Å². The van der Waals surface area contributed by atoms with Crippen LogP contribution in [0.1, 0.15) is 43.2 Å². The molecule has 4 heteroatoms. The highest BCUT2D eigenvalue weighted by atomic mass is 16.2. The lowest BCUT2D eigenvalue weighted by molar-refractivity contribution is 0.249. The number of urea groups is 1. The van der Waals surface area contributed by atoms with E-state index in [1.54, 1.807) is 0 Å². The topological polar surface area (TPSA) is 67.5 Å². The predicted octanol–water partition coefficient (Wildman–Crippen LogP) is 3.96. The van der Waals surface area contributed by atoms with Crippen molar-refractivity contribution in [2.24, 2.45) is 10.8 Å². The number of carbonyl (C=O) groups excluding carboxylic acids is 1. The van der Waals surface area contributed by atoms with Gasteiger partial charge in [-0.05, 0) is 30.4 Å². The fourth-order valence-electron chi connectivity index (χ4n) is 3.72. The molecule has 0 saturated heterocycles. The number of nitrogens with two attached hydrogens (primary N) is 1. The number of amides is 2. The molecule has 4 nitrogen and oxygen atoms in total. The predicted molar refractivity (Wildman–Crippen MR) is 96.9 cm³/mol. The van der Waals surface area contributed by atoms with E-state index < -0.39 is 6.03 Å². The number of nitrogens with zero attached hydrogens (tertiary/aromatic N) is 1. The lowest BCUT2D eigenvalue weighted by Crippen LogP contribution is -2.39. The minimum Gasteiger partial charge on any atom is -0.350 e. The van der Waals surface area contributed by atoms with Crippen molar-refractivity contribution in [2.75, 3.05) is 0 Å². The van der Waals surface area contributed by atoms with Gasteiger partial charge in [-0.25, -0.2) is 10.2 Å². The van der Waals surface area contributed by atoms with E-state index in [4.69, 9.17) is 5.73 Å². The Morgan fingerprint density at radius 1 is 0.917 bits per heavy atom. The van der Waals surface area contributed by atoms with Gasteiger partial charge in [-0.2, -0.15) is 5.10 Å². The maximum absolute atomic E-state index is 11.2. The summed E-state index contributed by atoms with van der Waals surface area (Å²) in [4.78, 5) is 11.2. The Bertz CT molecular complexity index is 671. The highest BCUT2D eigenvalue weighted by Gasteiger charge is 2.40. The number of hydrogen-bond donors (Lipinski definition) is 2. The number of benzene rings is 2. The second-order valence-corrected chi connectivity index (χ2v) is 6.23. The molecule has 0 unspecified atom stereocenters. The normalized spacial score (nSPS) is 18.8. The second-order valence-electron chi connectivity index (χ2n) is 6.23. The summed E-state index contributed by atoms with van der Waals surface area (Å²) in [6, 6.07) is 20.3. The molecule has 2 aromatic carbocycles. The highest BCUT2D eigenvalue weighted by molar-refractivity contribution is 5.99. The largest absolute Gasteiger partial charge is 0.350 e. The summed E-state index contributed by atoms with van der Waals surface area (Å²) in [6.45, 7) is 0. The fourth-order valence-corrected chi connectivity index (χ4v) is 3.72. The third-order valence-corrected chi connectivity index (χ3v) is 4.79. The van der Waals surface area contributed by atoms with Gasteiger partial charge in [-0.15, -0.1) is 0 Å². The first-order valence-corrected chi connectivity index (χ1v) is 8.47. The van der Waals surface area contributed by atoms with Crippen molar-refractivity contribution in [3.05, 3.63) is 71.8 Å². The van der Waals surface area contributed by atoms with Crippen molar-refractivity contribution >= 4 is 11.7 Å². The monoisotopic (exact) mass is 321 g/mol. The number of hydrogen-bond acceptors (Lipinski definition) is 2. The molecule has 2 aromatic rings. The smallest absolute Gasteiger partial charge is 0.332 e. The van der Waals surface area contributed by atoms with E-state index in [-0.39, 0.29) is 5.41 Å². The van der Waals surface area contributed by atoms with E-state index in [1.807, 2.05) is 12.1 Å². The molecule has 0 radical (unpaired) electrons. The highest BCUT2D eigenvalue weighted by Crippen LogP contribution is 2.42. The van der Waals surface area contributed by atoms with Gasteiger partial charge in [0.2, 0.25) is 0 Å². The quantitative estimate of drug-likeness (QED) is 0.652. The number of rotatable bonds is 3. The molecule has 124 valence electrons. The van der Waals surface area contributed by atoms with Crippen LogP contribution in [-0.4, -0.2) is 11.7 Å². The van der Waals surface area contributed by atoms with E-state index in [0.717, 1.165) is 37.8 Å². The van der Waals surface area contributed by atoms with Crippen molar-refractivity contribution in [1.29, 1.82) is 0 Å². The third-order valence-electron chi connectivity index (χ3n) is 4.79. The maximum atomic E-state index is 11.2. The summed E-state index contributed by atoms with van der Waals surface area (Å²) in [7, 11) is 0. The number of primary amides is 1. The zero-order valence-corrected chi connectivity index (χ0v) is 13.7. The molecule has 3 N–H and O–H groups in total. The maximum Gasteiger partial charge on any atom is 0.332 e. The summed E-state index contributed by atoms with van der Waals surface area (Å²) in [5.74, 6) is 0. The Kier molecular flexibility index (Phi) is 4.94. The van der Waals surface area contributed by atoms with Crippen molar-refractivity contribution < 1.29 is 4.79 Å². The van der Waals surface area contributed by atoms with Crippen LogP contribution in [0.4, 0.5) is 4.79 Å². The molecular weight excluding hydrogens is 298 g/mol. The summed E-state index contributed by atoms with van der Waals surface area (Å²) in [6.07, 6.45) is 5.18. The first kappa shape index (κ1) is 16.2. The molecule has 24 heavy (non-hydrogen) atoms. The van der Waals surface area contributed by atoms with Gasteiger partial charge in [0, 0.05) is 0 Å². The van der Waals surface area contributed by atoms with Crippen LogP contribution >= 0.6 is 0 Å². The van der Waals surface area contributed by atoms with Crippen LogP contribution in [0.15, 0.2) is 65.8 Å². The Morgan fingerprint density at radius 3 is 2.04 bits per heavy atom. The number of carbonyl (C=O) groups is 1. The molecule has 0 heterocycles. The average molecular weight is 321 g/mol. The molecule has 0 atom stereocenters. The molecule has 1 saturated carbocycles. The molecule has 0 spiro atoms. The SMILES string of the molecule is NC(=O)NN=C1CCCCCC1(c1ccccc1)c1ccccc1. The van der Waals surface area contributed by atoms with Crippen molar-refractivity contribution in [3.63, 3.8) is 0 Å². The average Bonchev–Trinajstić information content (AvgIpc) is 2.84. The van der Waals surface area contributed by atoms with Crippen LogP contribution < -0.4 is 11.2 Å². The minimum absolute atomic E-state index is 0.318. The summed E-state index contributed by atoms with van der Waals surface area (Å²) in [5, 5.41) is 4.44. The van der Waals surface area contributed by atoms with Crippen molar-refractivity contribution in [1.82, 2.24) is 5.43 Å². The zero-order chi connectivity index (χ0) is 16.8. The summed E-state index contributed by atoms with van der Waals surface area (Å²) >= 11 is 0. The minimum atomic E-state index is -0.623. The summed E-state index contributed by atoms with van der Waals surface area (Å²) in [5.41, 5.74) is 10.8. The second kappa shape index (κ2) is 7.30. The van der Waals surface area contributed by atoms with Crippen LogP contribution in [-0.2, 0) is 5.41 Å². The third kappa shape index (κ3) is 3.18. The van der Waals surface area contributed by atoms with E-state index >= 15 is 0 Å². The van der Waals surface area contributed by atoms with E-state index in [9.17, 15) is 4.79 Å². The first-order chi connectivity index (χ1) is 11.7. The Hall–Kier alpha value is -2.62. The number of nitrogens with one attached hydrogen (secondary N) is 1. The van der Waals surface area contributed by atoms with E-state index in [0.29, 0.717) is 0 Å². The van der Waals surface area contributed by atoms with Crippen LogP contribution in [0.3, 0.4) is 0 Å². The molecule has 0 aliphatic heterocycles. The molecule has 1 aliphatic rings. The van der Waals surface area contributed by atoms with Gasteiger partial charge in [0.15, 0.2) is 0 Å². The van der Waals surface area contributed by atoms with E-state index in [2.05, 4.69) is 59.1 Å². The van der Waals surface area contributed by atoms with Crippen molar-refractivity contribution in [2.45, 2.75) is 37.5 Å². The lowest BCUT2D eigenvalue weighted by atomic mass is 9.68. The van der Waals surface area contributed by atoms with Crippen LogP contribution in [0, 0.1) is 0 Å². The van der Waals surface area contributed by atoms with Gasteiger partial charge in [-0.1, -0.05) is 73.5 Å². The van der Waals surface area contributed by atoms with Gasteiger partial charge in [0.25, 0.3) is 0 Å². The van der Waals surface area contributed by atoms with Crippen LogP contribution in [0.2, 0.25) is 0 Å². The van der Waals surface area contributed by atoms with Gasteiger partial charge in [-0.3, -0.25) is 0 Å². The Morgan fingerprint density at radius 2 is 1.50 bits per heavy atom. The molecule has 0 aromatic heterocycles. The van der Waals surface area contributed by atoms with Gasteiger partial charge in [0.05, 0.1) is 11.1 Å². The number of hydrazone groups is 1. The van der Waals surface area contributed by atoms with Gasteiger partial charge in [0.1, 0.15) is 0 Å². The molecule has 1 fully saturated rings. The Balaban J connectivity index is 2.20. The zero-order valence-electron chi connectivity index (χ0n) is 13.7. The van der Waals surface area contributed by atoms with E-state index in [1.165, 1.54) is 11.1 Å². The molecular formula is C20H23N3O. The Labute approximate surface area is 142 Å². The fraction of sp³-hybridized carbons (Fsp3) is 0.300. The molecule has 3 rings (SSSR count). The first-order valence-electron chi connectivity index (χ1n) is 8.47. The molecule has 1 aliphatic carbocycles. The van der Waals surface area contributed by atoms with Crippen molar-refractivity contribution in [3.8, 4) is 0 Å². The molecule has 0 bridgehead atoms. The summed E-state index contributed by atoms with van der Waals surface area (Å²) < 4.78 is 0. The van der Waals surface area contributed by atoms with Gasteiger partial charge >= 0.3 is 6.03 Å². The standard InChI is InChI=1S/C20H23N3O/c21-19(24)23-22-18-14-8-3-9-15-20(18,16-10-4-1-5-11-16)17-12-6-2-7-13-17/h1-2,4-7,10-13H,3,8-9,14-15H2,(H3,21,23,24). The molecule has 2 amide bonds. The van der Waals surface area contributed by atoms with Crippen LogP contribution in [0.25, 0.3) is 0 Å². The van der Waals surface area contributed by atoms with Gasteiger partial charge < -0.3 is 5.73 Å².